The van der Waals surface area contributed by atoms with Gasteiger partial charge in [-0.2, -0.15) is 0 Å². The van der Waals surface area contributed by atoms with E-state index in [1.165, 1.54) is 11.3 Å². The lowest BCUT2D eigenvalue weighted by Crippen LogP contribution is -2.42. The standard InChI is InChI=1S/C22H21N3O3S/c1-27-18-12-11-17(13-19(18)28-2)24-14-23-22-25(15-24)21(26)20(29-22)10-6-9-16-7-4-3-5-8-16/h3-13H,14-15H2,1-2H3/b9-6+,20-10-. The summed E-state index contributed by atoms with van der Waals surface area (Å²) in [6.45, 7) is 0.925. The Balaban J connectivity index is 1.60. The van der Waals surface area contributed by atoms with Crippen molar-refractivity contribution in [2.75, 3.05) is 25.8 Å². The highest BCUT2D eigenvalue weighted by Gasteiger charge is 2.17. The number of thiazole rings is 1. The molecule has 0 radical (unpaired) electrons. The molecule has 1 aromatic heterocycles. The van der Waals surface area contributed by atoms with Crippen molar-refractivity contribution >= 4 is 29.2 Å². The normalized spacial score (nSPS) is 14.0. The summed E-state index contributed by atoms with van der Waals surface area (Å²) in [7, 11) is 3.21. The fraction of sp³-hybridized carbons (Fsp3) is 0.182. The molecule has 148 valence electrons. The molecule has 0 atom stereocenters. The molecule has 29 heavy (non-hydrogen) atoms. The van der Waals surface area contributed by atoms with Crippen LogP contribution in [-0.2, 0) is 6.67 Å². The van der Waals surface area contributed by atoms with Crippen molar-refractivity contribution < 1.29 is 9.47 Å². The Morgan fingerprint density at radius 3 is 2.62 bits per heavy atom. The highest BCUT2D eigenvalue weighted by atomic mass is 32.1. The van der Waals surface area contributed by atoms with Crippen LogP contribution in [0.2, 0.25) is 0 Å². The molecular weight excluding hydrogens is 386 g/mol. The second kappa shape index (κ2) is 8.36. The Hall–Kier alpha value is -3.32. The van der Waals surface area contributed by atoms with Crippen LogP contribution < -0.4 is 29.3 Å². The summed E-state index contributed by atoms with van der Waals surface area (Å²) in [4.78, 5) is 20.2. The Morgan fingerprint density at radius 2 is 1.86 bits per heavy atom. The van der Waals surface area contributed by atoms with Gasteiger partial charge in [0.1, 0.15) is 13.3 Å². The summed E-state index contributed by atoms with van der Waals surface area (Å²) >= 11 is 1.41. The lowest BCUT2D eigenvalue weighted by atomic mass is 10.2. The number of nitrogens with zero attached hydrogens (tertiary/aromatic N) is 3. The number of hydrogen-bond acceptors (Lipinski definition) is 6. The van der Waals surface area contributed by atoms with Crippen molar-refractivity contribution in [1.29, 1.82) is 0 Å². The van der Waals surface area contributed by atoms with Crippen molar-refractivity contribution in [2.24, 2.45) is 4.99 Å². The molecule has 1 aliphatic rings. The maximum absolute atomic E-state index is 12.8. The first-order valence-corrected chi connectivity index (χ1v) is 9.96. The van der Waals surface area contributed by atoms with Crippen LogP contribution in [0, 0.1) is 0 Å². The zero-order valence-electron chi connectivity index (χ0n) is 16.2. The van der Waals surface area contributed by atoms with Crippen LogP contribution >= 0.6 is 11.3 Å². The summed E-state index contributed by atoms with van der Waals surface area (Å²) in [6, 6.07) is 15.7. The third kappa shape index (κ3) is 3.95. The van der Waals surface area contributed by atoms with Gasteiger partial charge in [-0.15, -0.1) is 0 Å². The number of fused-ring (bicyclic) bond motifs is 1. The monoisotopic (exact) mass is 407 g/mol. The number of methoxy groups -OCH3 is 2. The molecule has 0 N–H and O–H groups in total. The highest BCUT2D eigenvalue weighted by molar-refractivity contribution is 7.07. The van der Waals surface area contributed by atoms with E-state index in [2.05, 4.69) is 4.99 Å². The van der Waals surface area contributed by atoms with Crippen molar-refractivity contribution in [2.45, 2.75) is 6.67 Å². The molecule has 0 saturated carbocycles. The fourth-order valence-electron chi connectivity index (χ4n) is 3.12. The maximum Gasteiger partial charge on any atom is 0.271 e. The third-order valence-electron chi connectivity index (χ3n) is 4.65. The number of rotatable bonds is 5. The average Bonchev–Trinajstić information content (AvgIpc) is 3.09. The van der Waals surface area contributed by atoms with E-state index >= 15 is 0 Å². The molecule has 0 amide bonds. The number of ether oxygens (including phenoxy) is 2. The first-order chi connectivity index (χ1) is 14.2. The van der Waals surface area contributed by atoms with Crippen molar-refractivity contribution in [3.8, 4) is 11.5 Å². The summed E-state index contributed by atoms with van der Waals surface area (Å²) in [5.41, 5.74) is 1.98. The summed E-state index contributed by atoms with van der Waals surface area (Å²) in [5.74, 6) is 1.31. The van der Waals surface area contributed by atoms with Crippen LogP contribution in [0.25, 0.3) is 12.2 Å². The number of aromatic nitrogens is 1. The number of allylic oxidation sites excluding steroid dienone is 1. The molecule has 7 heteroatoms. The zero-order valence-corrected chi connectivity index (χ0v) is 17.1. The van der Waals surface area contributed by atoms with E-state index in [0.29, 0.717) is 29.4 Å². The van der Waals surface area contributed by atoms with E-state index < -0.39 is 0 Å². The van der Waals surface area contributed by atoms with Gasteiger partial charge in [0.2, 0.25) is 0 Å². The topological polar surface area (TPSA) is 56.1 Å². The summed E-state index contributed by atoms with van der Waals surface area (Å²) in [5, 5.41) is 0. The van der Waals surface area contributed by atoms with Crippen molar-refractivity contribution in [1.82, 2.24) is 4.57 Å². The molecule has 1 aliphatic heterocycles. The fourth-order valence-corrected chi connectivity index (χ4v) is 4.04. The molecule has 0 unspecified atom stereocenters. The van der Waals surface area contributed by atoms with E-state index in [9.17, 15) is 4.79 Å². The molecule has 0 bridgehead atoms. The van der Waals surface area contributed by atoms with Gasteiger partial charge in [-0.1, -0.05) is 53.8 Å². The van der Waals surface area contributed by atoms with E-state index in [0.717, 1.165) is 16.1 Å². The Bertz CT molecular complexity index is 1210. The molecule has 3 aromatic rings. The predicted molar refractivity (Wildman–Crippen MR) is 116 cm³/mol. The van der Waals surface area contributed by atoms with E-state index in [-0.39, 0.29) is 5.56 Å². The maximum atomic E-state index is 12.8. The Kier molecular flexibility index (Phi) is 5.48. The average molecular weight is 407 g/mol. The van der Waals surface area contributed by atoms with E-state index in [1.807, 2.05) is 71.7 Å². The molecule has 0 aliphatic carbocycles. The number of hydrogen-bond donors (Lipinski definition) is 0. The molecule has 2 aromatic carbocycles. The Morgan fingerprint density at radius 1 is 1.07 bits per heavy atom. The van der Waals surface area contributed by atoms with Crippen LogP contribution in [-0.4, -0.2) is 25.5 Å². The summed E-state index contributed by atoms with van der Waals surface area (Å²) in [6.07, 6.45) is 5.73. The van der Waals surface area contributed by atoms with Gasteiger partial charge in [-0.3, -0.25) is 9.36 Å². The quantitative estimate of drug-likeness (QED) is 0.652. The van der Waals surface area contributed by atoms with Gasteiger partial charge >= 0.3 is 0 Å². The van der Waals surface area contributed by atoms with Crippen LogP contribution in [0.15, 0.2) is 64.4 Å². The van der Waals surface area contributed by atoms with E-state index in [4.69, 9.17) is 9.47 Å². The lowest BCUT2D eigenvalue weighted by Gasteiger charge is -2.26. The SMILES string of the molecule is COc1ccc(N2CN=c3s/c(=C\C=C\c4ccccc4)c(=O)n3C2)cc1OC. The zero-order chi connectivity index (χ0) is 20.2. The molecule has 0 saturated heterocycles. The van der Waals surface area contributed by atoms with Crippen LogP contribution in [0.5, 0.6) is 11.5 Å². The van der Waals surface area contributed by atoms with Gasteiger partial charge in [-0.05, 0) is 23.8 Å². The minimum Gasteiger partial charge on any atom is -0.493 e. The van der Waals surface area contributed by atoms with Gasteiger partial charge in [0.05, 0.1) is 18.8 Å². The summed E-state index contributed by atoms with van der Waals surface area (Å²) < 4.78 is 13.1. The second-order valence-electron chi connectivity index (χ2n) is 6.44. The van der Waals surface area contributed by atoms with Crippen LogP contribution in [0.4, 0.5) is 5.69 Å². The predicted octanol–water partition coefficient (Wildman–Crippen LogP) is 2.48. The first-order valence-electron chi connectivity index (χ1n) is 9.14. The highest BCUT2D eigenvalue weighted by Crippen LogP contribution is 2.31. The van der Waals surface area contributed by atoms with Gasteiger partial charge in [-0.25, -0.2) is 4.99 Å². The molecular formula is C22H21N3O3S. The van der Waals surface area contributed by atoms with Crippen molar-refractivity contribution in [3.05, 3.63) is 79.9 Å². The van der Waals surface area contributed by atoms with Crippen LogP contribution in [0.3, 0.4) is 0 Å². The smallest absolute Gasteiger partial charge is 0.271 e. The second-order valence-corrected chi connectivity index (χ2v) is 7.45. The molecule has 0 spiro atoms. The Labute approximate surface area is 172 Å². The molecule has 6 nitrogen and oxygen atoms in total. The first kappa shape index (κ1) is 19.0. The minimum absolute atomic E-state index is 0.0309. The third-order valence-corrected chi connectivity index (χ3v) is 5.71. The van der Waals surface area contributed by atoms with Gasteiger partial charge < -0.3 is 14.4 Å². The lowest BCUT2D eigenvalue weighted by molar-refractivity contribution is 0.355. The molecule has 0 fully saturated rings. The largest absolute Gasteiger partial charge is 0.493 e. The number of benzene rings is 2. The molecule has 2 heterocycles. The van der Waals surface area contributed by atoms with Gasteiger partial charge in [0.15, 0.2) is 16.3 Å². The number of anilines is 1. The van der Waals surface area contributed by atoms with Gasteiger partial charge in [0.25, 0.3) is 5.56 Å². The van der Waals surface area contributed by atoms with Crippen LogP contribution in [0.1, 0.15) is 5.56 Å². The van der Waals surface area contributed by atoms with Crippen molar-refractivity contribution in [3.63, 3.8) is 0 Å². The molecule has 4 rings (SSSR count). The van der Waals surface area contributed by atoms with E-state index in [1.54, 1.807) is 18.8 Å². The van der Waals surface area contributed by atoms with Gasteiger partial charge in [0, 0.05) is 11.8 Å². The minimum atomic E-state index is -0.0309.